The van der Waals surface area contributed by atoms with Crippen LogP contribution in [0.2, 0.25) is 0 Å². The van der Waals surface area contributed by atoms with Gasteiger partial charge in [-0.05, 0) is 25.3 Å². The van der Waals surface area contributed by atoms with Gasteiger partial charge in [0.25, 0.3) is 0 Å². The largest absolute Gasteiger partial charge is 0.303 e. The molecule has 4 nitrogen and oxygen atoms in total. The Balaban J connectivity index is 2.78. The third-order valence-corrected chi connectivity index (χ3v) is 2.52. The molecule has 0 amide bonds. The Bertz CT molecular complexity index is 433. The molecule has 0 heterocycles. The first kappa shape index (κ1) is 15.2. The van der Waals surface area contributed by atoms with E-state index in [0.717, 1.165) is 24.3 Å². The lowest BCUT2D eigenvalue weighted by molar-refractivity contribution is 0.434. The second kappa shape index (κ2) is 7.56. The Labute approximate surface area is 116 Å². The second-order valence-corrected chi connectivity index (χ2v) is 4.94. The molecule has 1 rings (SSSR count). The fourth-order valence-electron chi connectivity index (χ4n) is 1.81. The van der Waals surface area contributed by atoms with Crippen LogP contribution in [-0.4, -0.2) is 49.6 Å². The standard InChI is InChI=1S/C15H24N4/c1-13(16-18(2)3)11-12-15(17-19(4)5)14-9-7-6-8-10-14/h6-10H,11-12H2,1-5H3. The van der Waals surface area contributed by atoms with Crippen LogP contribution in [0.15, 0.2) is 40.5 Å². The zero-order valence-corrected chi connectivity index (χ0v) is 12.6. The van der Waals surface area contributed by atoms with E-state index in [1.807, 2.05) is 56.4 Å². The smallest absolute Gasteiger partial charge is 0.0681 e. The molecule has 0 N–H and O–H groups in total. The molecule has 0 saturated carbocycles. The van der Waals surface area contributed by atoms with Crippen LogP contribution in [0, 0.1) is 0 Å². The molecule has 0 aliphatic heterocycles. The molecule has 0 fully saturated rings. The molecule has 19 heavy (non-hydrogen) atoms. The summed E-state index contributed by atoms with van der Waals surface area (Å²) in [4.78, 5) is 0. The van der Waals surface area contributed by atoms with Gasteiger partial charge in [0, 0.05) is 33.9 Å². The van der Waals surface area contributed by atoms with Crippen molar-refractivity contribution in [3.05, 3.63) is 35.9 Å². The van der Waals surface area contributed by atoms with Crippen molar-refractivity contribution in [1.29, 1.82) is 0 Å². The summed E-state index contributed by atoms with van der Waals surface area (Å²) in [7, 11) is 7.78. The van der Waals surface area contributed by atoms with E-state index >= 15 is 0 Å². The number of hydrogen-bond donors (Lipinski definition) is 0. The Morgan fingerprint density at radius 1 is 0.895 bits per heavy atom. The van der Waals surface area contributed by atoms with Gasteiger partial charge < -0.3 is 10.0 Å². The predicted molar refractivity (Wildman–Crippen MR) is 82.7 cm³/mol. The average Bonchev–Trinajstić information content (AvgIpc) is 2.34. The van der Waals surface area contributed by atoms with Crippen LogP contribution < -0.4 is 0 Å². The minimum Gasteiger partial charge on any atom is -0.303 e. The maximum absolute atomic E-state index is 4.58. The molecular weight excluding hydrogens is 236 g/mol. The van der Waals surface area contributed by atoms with Gasteiger partial charge in [-0.1, -0.05) is 30.3 Å². The van der Waals surface area contributed by atoms with Gasteiger partial charge in [0.15, 0.2) is 0 Å². The SMILES string of the molecule is CC(CCC(=NN(C)C)c1ccccc1)=NN(C)C. The second-order valence-electron chi connectivity index (χ2n) is 4.94. The van der Waals surface area contributed by atoms with Crippen LogP contribution >= 0.6 is 0 Å². The average molecular weight is 260 g/mol. The third-order valence-electron chi connectivity index (χ3n) is 2.52. The van der Waals surface area contributed by atoms with E-state index in [-0.39, 0.29) is 0 Å². The quantitative estimate of drug-likeness (QED) is 0.581. The molecule has 1 aromatic carbocycles. The number of benzene rings is 1. The van der Waals surface area contributed by atoms with Gasteiger partial charge in [0.1, 0.15) is 0 Å². The first-order valence-corrected chi connectivity index (χ1v) is 6.50. The lowest BCUT2D eigenvalue weighted by Crippen LogP contribution is -2.12. The van der Waals surface area contributed by atoms with Crippen molar-refractivity contribution < 1.29 is 0 Å². The third kappa shape index (κ3) is 6.04. The van der Waals surface area contributed by atoms with Crippen molar-refractivity contribution in [2.24, 2.45) is 10.2 Å². The molecule has 0 spiro atoms. The number of hydrogen-bond acceptors (Lipinski definition) is 4. The summed E-state index contributed by atoms with van der Waals surface area (Å²) in [6, 6.07) is 10.3. The first-order chi connectivity index (χ1) is 8.99. The Morgan fingerprint density at radius 3 is 2.00 bits per heavy atom. The Morgan fingerprint density at radius 2 is 1.47 bits per heavy atom. The van der Waals surface area contributed by atoms with Crippen molar-refractivity contribution in [1.82, 2.24) is 10.0 Å². The van der Waals surface area contributed by atoms with E-state index in [4.69, 9.17) is 0 Å². The van der Waals surface area contributed by atoms with E-state index in [2.05, 4.69) is 29.3 Å². The Kier molecular flexibility index (Phi) is 6.06. The van der Waals surface area contributed by atoms with Crippen molar-refractivity contribution in [3.8, 4) is 0 Å². The van der Waals surface area contributed by atoms with Gasteiger partial charge in [0.05, 0.1) is 5.71 Å². The topological polar surface area (TPSA) is 31.2 Å². The van der Waals surface area contributed by atoms with Gasteiger partial charge in [0.2, 0.25) is 0 Å². The van der Waals surface area contributed by atoms with Crippen molar-refractivity contribution >= 4 is 11.4 Å². The van der Waals surface area contributed by atoms with Crippen molar-refractivity contribution in [2.75, 3.05) is 28.2 Å². The van der Waals surface area contributed by atoms with Crippen LogP contribution in [0.4, 0.5) is 0 Å². The highest BCUT2D eigenvalue weighted by atomic mass is 15.4. The summed E-state index contributed by atoms with van der Waals surface area (Å²) in [6.07, 6.45) is 1.81. The van der Waals surface area contributed by atoms with Crippen molar-refractivity contribution in [3.63, 3.8) is 0 Å². The lowest BCUT2D eigenvalue weighted by Gasteiger charge is -2.12. The molecule has 0 aliphatic rings. The normalized spacial score (nSPS) is 12.5. The molecular formula is C15H24N4. The van der Waals surface area contributed by atoms with Crippen LogP contribution in [0.3, 0.4) is 0 Å². The summed E-state index contributed by atoms with van der Waals surface area (Å²) >= 11 is 0. The number of rotatable bonds is 6. The van der Waals surface area contributed by atoms with Crippen LogP contribution in [0.25, 0.3) is 0 Å². The molecule has 0 aliphatic carbocycles. The van der Waals surface area contributed by atoms with Gasteiger partial charge in [-0.3, -0.25) is 0 Å². The summed E-state index contributed by atoms with van der Waals surface area (Å²) in [5.41, 5.74) is 3.39. The molecule has 0 bridgehead atoms. The lowest BCUT2D eigenvalue weighted by atomic mass is 10.0. The van der Waals surface area contributed by atoms with E-state index < -0.39 is 0 Å². The summed E-state index contributed by atoms with van der Waals surface area (Å²) in [5, 5.41) is 12.7. The van der Waals surface area contributed by atoms with Gasteiger partial charge >= 0.3 is 0 Å². The van der Waals surface area contributed by atoms with E-state index in [0.29, 0.717) is 0 Å². The molecule has 0 saturated heterocycles. The minimum atomic E-state index is 0.894. The zero-order valence-electron chi connectivity index (χ0n) is 12.6. The maximum atomic E-state index is 4.58. The minimum absolute atomic E-state index is 0.894. The van der Waals surface area contributed by atoms with Crippen LogP contribution in [-0.2, 0) is 0 Å². The van der Waals surface area contributed by atoms with E-state index in [9.17, 15) is 0 Å². The van der Waals surface area contributed by atoms with Gasteiger partial charge in [-0.15, -0.1) is 0 Å². The van der Waals surface area contributed by atoms with Crippen LogP contribution in [0.5, 0.6) is 0 Å². The van der Waals surface area contributed by atoms with Crippen LogP contribution in [0.1, 0.15) is 25.3 Å². The molecule has 4 heteroatoms. The zero-order chi connectivity index (χ0) is 14.3. The van der Waals surface area contributed by atoms with Gasteiger partial charge in [-0.2, -0.15) is 10.2 Å². The Hall–Kier alpha value is -1.84. The maximum Gasteiger partial charge on any atom is 0.0681 e. The summed E-state index contributed by atoms with van der Waals surface area (Å²) < 4.78 is 0. The number of nitrogens with zero attached hydrogens (tertiary/aromatic N) is 4. The summed E-state index contributed by atoms with van der Waals surface area (Å²) in [6.45, 7) is 2.05. The molecule has 0 aromatic heterocycles. The summed E-state index contributed by atoms with van der Waals surface area (Å²) in [5.74, 6) is 0. The molecule has 1 aromatic rings. The highest BCUT2D eigenvalue weighted by Crippen LogP contribution is 2.08. The fraction of sp³-hybridized carbons (Fsp3) is 0.467. The number of hydrazone groups is 2. The van der Waals surface area contributed by atoms with E-state index in [1.165, 1.54) is 5.56 Å². The highest BCUT2D eigenvalue weighted by molar-refractivity contribution is 6.02. The fourth-order valence-corrected chi connectivity index (χ4v) is 1.81. The monoisotopic (exact) mass is 260 g/mol. The molecule has 104 valence electrons. The van der Waals surface area contributed by atoms with Gasteiger partial charge in [-0.25, -0.2) is 0 Å². The molecule has 0 unspecified atom stereocenters. The highest BCUT2D eigenvalue weighted by Gasteiger charge is 2.05. The van der Waals surface area contributed by atoms with E-state index in [1.54, 1.807) is 0 Å². The molecule has 0 atom stereocenters. The predicted octanol–water partition coefficient (Wildman–Crippen LogP) is 2.67. The first-order valence-electron chi connectivity index (χ1n) is 6.50. The van der Waals surface area contributed by atoms with Crippen molar-refractivity contribution in [2.45, 2.75) is 19.8 Å². The molecule has 0 radical (unpaired) electrons.